The molecule has 0 saturated carbocycles. The number of imidazole rings is 1. The number of aliphatic hydroxyl groups excluding tert-OH is 1. The molecule has 27 heavy (non-hydrogen) atoms. The molecule has 5 rings (SSSR count). The lowest BCUT2D eigenvalue weighted by atomic mass is 10.2. The highest BCUT2D eigenvalue weighted by atomic mass is 16.3. The smallest absolute Gasteiger partial charge is 0.106 e. The topological polar surface area (TPSA) is 43.0 Å². The van der Waals surface area contributed by atoms with Crippen LogP contribution in [-0.4, -0.2) is 25.3 Å². The highest BCUT2D eigenvalue weighted by Gasteiger charge is 2.15. The monoisotopic (exact) mass is 355 g/mol. The minimum atomic E-state index is -0.513. The third kappa shape index (κ3) is 2.61. The fourth-order valence-electron chi connectivity index (χ4n) is 4.11. The summed E-state index contributed by atoms with van der Waals surface area (Å²) in [6.45, 7) is 3.06. The number of aromatic nitrogens is 3. The van der Waals surface area contributed by atoms with E-state index in [4.69, 9.17) is 0 Å². The van der Waals surface area contributed by atoms with E-state index in [9.17, 15) is 5.11 Å². The molecule has 4 heteroatoms. The Bertz CT molecular complexity index is 1210. The zero-order valence-corrected chi connectivity index (χ0v) is 15.2. The molecular formula is C23H21N3O. The van der Waals surface area contributed by atoms with Crippen molar-refractivity contribution in [3.05, 3.63) is 78.6 Å². The van der Waals surface area contributed by atoms with Gasteiger partial charge in [0.1, 0.15) is 5.82 Å². The maximum Gasteiger partial charge on any atom is 0.106 e. The quantitative estimate of drug-likeness (QED) is 0.515. The summed E-state index contributed by atoms with van der Waals surface area (Å²) in [5.41, 5.74) is 4.35. The van der Waals surface area contributed by atoms with E-state index in [1.54, 1.807) is 0 Å². The summed E-state index contributed by atoms with van der Waals surface area (Å²) in [4.78, 5) is 4.61. The van der Waals surface area contributed by atoms with E-state index in [0.717, 1.165) is 27.9 Å². The molecule has 0 radical (unpaired) electrons. The van der Waals surface area contributed by atoms with Gasteiger partial charge >= 0.3 is 0 Å². The fraction of sp³-hybridized carbons (Fsp3) is 0.174. The Morgan fingerprint density at radius 2 is 1.26 bits per heavy atom. The number of rotatable bonds is 4. The van der Waals surface area contributed by atoms with Gasteiger partial charge in [-0.15, -0.1) is 0 Å². The van der Waals surface area contributed by atoms with Gasteiger partial charge in [-0.3, -0.25) is 0 Å². The van der Waals surface area contributed by atoms with Crippen molar-refractivity contribution in [1.29, 1.82) is 0 Å². The highest BCUT2D eigenvalue weighted by molar-refractivity contribution is 6.07. The van der Waals surface area contributed by atoms with Crippen LogP contribution in [0.15, 0.2) is 72.8 Å². The van der Waals surface area contributed by atoms with Crippen molar-refractivity contribution in [2.45, 2.75) is 26.1 Å². The largest absolute Gasteiger partial charge is 0.389 e. The molecule has 4 nitrogen and oxygen atoms in total. The van der Waals surface area contributed by atoms with Crippen LogP contribution < -0.4 is 0 Å². The second-order valence-electron chi connectivity index (χ2n) is 7.06. The lowest BCUT2D eigenvalue weighted by molar-refractivity contribution is 0.137. The fourth-order valence-corrected chi connectivity index (χ4v) is 4.11. The van der Waals surface area contributed by atoms with Gasteiger partial charge in [-0.1, -0.05) is 48.5 Å². The molecule has 0 aliphatic rings. The molecule has 0 spiro atoms. The number of fused-ring (bicyclic) bond motifs is 4. The van der Waals surface area contributed by atoms with Crippen molar-refractivity contribution in [3.8, 4) is 0 Å². The average molecular weight is 355 g/mol. The van der Waals surface area contributed by atoms with Crippen molar-refractivity contribution >= 4 is 32.8 Å². The first-order valence-electron chi connectivity index (χ1n) is 9.28. The first-order valence-corrected chi connectivity index (χ1v) is 9.28. The predicted octanol–water partition coefficient (Wildman–Crippen LogP) is 4.51. The summed E-state index contributed by atoms with van der Waals surface area (Å²) in [5.74, 6) is 0.928. The molecule has 0 aliphatic heterocycles. The van der Waals surface area contributed by atoms with Crippen molar-refractivity contribution in [1.82, 2.24) is 14.1 Å². The number of hydrogen-bond donors (Lipinski definition) is 1. The van der Waals surface area contributed by atoms with E-state index in [-0.39, 0.29) is 0 Å². The normalized spacial score (nSPS) is 13.0. The Labute approximate surface area is 157 Å². The van der Waals surface area contributed by atoms with Gasteiger partial charge in [-0.2, -0.15) is 0 Å². The van der Waals surface area contributed by atoms with E-state index in [1.807, 2.05) is 25.1 Å². The third-order valence-electron chi connectivity index (χ3n) is 5.31. The van der Waals surface area contributed by atoms with Crippen LogP contribution in [-0.2, 0) is 13.1 Å². The summed E-state index contributed by atoms with van der Waals surface area (Å²) in [5, 5.41) is 13.4. The van der Waals surface area contributed by atoms with Gasteiger partial charge < -0.3 is 14.2 Å². The van der Waals surface area contributed by atoms with Crippen LogP contribution >= 0.6 is 0 Å². The van der Waals surface area contributed by atoms with Gasteiger partial charge in [-0.25, -0.2) is 4.98 Å². The molecule has 0 unspecified atom stereocenters. The number of aryl methyl sites for hydroxylation is 1. The molecule has 2 heterocycles. The predicted molar refractivity (Wildman–Crippen MR) is 110 cm³/mol. The van der Waals surface area contributed by atoms with Crippen LogP contribution in [0.4, 0.5) is 0 Å². The van der Waals surface area contributed by atoms with Gasteiger partial charge in [0.05, 0.1) is 30.2 Å². The van der Waals surface area contributed by atoms with Crippen molar-refractivity contribution in [2.24, 2.45) is 0 Å². The number of para-hydroxylation sites is 4. The minimum absolute atomic E-state index is 0.513. The Morgan fingerprint density at radius 1 is 0.741 bits per heavy atom. The molecule has 0 amide bonds. The Hall–Kier alpha value is -3.11. The molecule has 1 N–H and O–H groups in total. The van der Waals surface area contributed by atoms with Gasteiger partial charge in [0.2, 0.25) is 0 Å². The van der Waals surface area contributed by atoms with E-state index >= 15 is 0 Å². The number of benzene rings is 3. The van der Waals surface area contributed by atoms with Crippen molar-refractivity contribution in [3.63, 3.8) is 0 Å². The summed E-state index contributed by atoms with van der Waals surface area (Å²) in [6.07, 6.45) is -0.513. The minimum Gasteiger partial charge on any atom is -0.389 e. The number of hydrogen-bond acceptors (Lipinski definition) is 2. The van der Waals surface area contributed by atoms with Crippen LogP contribution in [0.5, 0.6) is 0 Å². The molecule has 1 atom stereocenters. The molecule has 3 aromatic carbocycles. The number of nitrogens with zero attached hydrogens (tertiary/aromatic N) is 3. The lowest BCUT2D eigenvalue weighted by Crippen LogP contribution is -2.22. The van der Waals surface area contributed by atoms with Gasteiger partial charge in [0.25, 0.3) is 0 Å². The zero-order chi connectivity index (χ0) is 18.4. The van der Waals surface area contributed by atoms with Crippen LogP contribution in [0.1, 0.15) is 5.82 Å². The Kier molecular flexibility index (Phi) is 3.73. The Balaban J connectivity index is 1.54. The summed E-state index contributed by atoms with van der Waals surface area (Å²) >= 11 is 0. The highest BCUT2D eigenvalue weighted by Crippen LogP contribution is 2.29. The van der Waals surface area contributed by atoms with Gasteiger partial charge in [0.15, 0.2) is 0 Å². The van der Waals surface area contributed by atoms with Crippen LogP contribution in [0, 0.1) is 6.92 Å². The third-order valence-corrected chi connectivity index (χ3v) is 5.31. The van der Waals surface area contributed by atoms with Crippen LogP contribution in [0.25, 0.3) is 32.8 Å². The number of aliphatic hydroxyl groups is 1. The van der Waals surface area contributed by atoms with Crippen molar-refractivity contribution < 1.29 is 5.11 Å². The molecule has 0 saturated heterocycles. The first-order chi connectivity index (χ1) is 13.2. The molecule has 0 bridgehead atoms. The molecule has 134 valence electrons. The molecule has 2 aromatic heterocycles. The van der Waals surface area contributed by atoms with Crippen LogP contribution in [0.3, 0.4) is 0 Å². The first kappa shape index (κ1) is 16.1. The van der Waals surface area contributed by atoms with E-state index in [1.165, 1.54) is 10.8 Å². The molecule has 0 fully saturated rings. The zero-order valence-electron chi connectivity index (χ0n) is 15.2. The summed E-state index contributed by atoms with van der Waals surface area (Å²) in [6, 6.07) is 24.9. The van der Waals surface area contributed by atoms with E-state index in [0.29, 0.717) is 13.1 Å². The molecule has 5 aromatic rings. The SMILES string of the molecule is Cc1nc2ccccc2n1C[C@H](O)Cn1c2ccccc2c2ccccc21. The molecular weight excluding hydrogens is 334 g/mol. The summed E-state index contributed by atoms with van der Waals surface area (Å²) < 4.78 is 4.33. The standard InChI is InChI=1S/C23H21N3O/c1-16-24-20-10-4-7-13-23(20)25(16)14-17(27)15-26-21-11-5-2-8-18(21)19-9-3-6-12-22(19)26/h2-13,17,27H,14-15H2,1H3/t17-/m0/s1. The van der Waals surface area contributed by atoms with Crippen LogP contribution in [0.2, 0.25) is 0 Å². The van der Waals surface area contributed by atoms with E-state index < -0.39 is 6.10 Å². The second kappa shape index (κ2) is 6.25. The molecule has 0 aliphatic carbocycles. The van der Waals surface area contributed by atoms with Gasteiger partial charge in [-0.05, 0) is 31.2 Å². The Morgan fingerprint density at radius 3 is 1.93 bits per heavy atom. The van der Waals surface area contributed by atoms with E-state index in [2.05, 4.69) is 68.7 Å². The van der Waals surface area contributed by atoms with Crippen molar-refractivity contribution in [2.75, 3.05) is 0 Å². The summed E-state index contributed by atoms with van der Waals surface area (Å²) in [7, 11) is 0. The second-order valence-corrected chi connectivity index (χ2v) is 7.06. The maximum atomic E-state index is 10.9. The van der Waals surface area contributed by atoms with Gasteiger partial charge in [0, 0.05) is 21.8 Å². The maximum absolute atomic E-state index is 10.9. The average Bonchev–Trinajstić information content (AvgIpc) is 3.18. The lowest BCUT2D eigenvalue weighted by Gasteiger charge is -2.16.